The lowest BCUT2D eigenvalue weighted by Crippen LogP contribution is -2.46. The molecule has 6 nitrogen and oxygen atoms in total. The Kier molecular flexibility index (Phi) is 6.32. The largest absolute Gasteiger partial charge is 0.446 e. The van der Waals surface area contributed by atoms with Crippen LogP contribution < -0.4 is 15.1 Å². The quantitative estimate of drug-likeness (QED) is 0.340. The molecule has 0 saturated carbocycles. The van der Waals surface area contributed by atoms with Crippen molar-refractivity contribution >= 4 is 46.0 Å². The van der Waals surface area contributed by atoms with Crippen LogP contribution in [0.3, 0.4) is 0 Å². The van der Waals surface area contributed by atoms with Gasteiger partial charge in [-0.3, -0.25) is 9.78 Å². The summed E-state index contributed by atoms with van der Waals surface area (Å²) in [6.45, 7) is 3.59. The predicted molar refractivity (Wildman–Crippen MR) is 134 cm³/mol. The summed E-state index contributed by atoms with van der Waals surface area (Å²) in [5, 5.41) is 3.78. The lowest BCUT2D eigenvalue weighted by molar-refractivity contribution is -0.121. The minimum Gasteiger partial charge on any atom is -0.371 e. The van der Waals surface area contributed by atoms with Crippen LogP contribution in [0, 0.1) is 0 Å². The molecule has 188 valence electrons. The third kappa shape index (κ3) is 4.74. The number of hydrogen-bond donors (Lipinski definition) is 1. The molecule has 0 radical (unpaired) electrons. The lowest BCUT2D eigenvalue weighted by Gasteiger charge is -2.31. The summed E-state index contributed by atoms with van der Waals surface area (Å²) in [5.41, 5.74) is -2.62. The molecule has 1 N–H and O–H groups in total. The van der Waals surface area contributed by atoms with Gasteiger partial charge in [-0.15, -0.1) is 0 Å². The van der Waals surface area contributed by atoms with Gasteiger partial charge in [0.15, 0.2) is 0 Å². The van der Waals surface area contributed by atoms with Crippen LogP contribution in [0.5, 0.6) is 0 Å². The van der Waals surface area contributed by atoms with Crippen LogP contribution in [0.15, 0.2) is 59.6 Å². The molecule has 0 spiro atoms. The molecular formula is C26H25F3N4O2S. The average Bonchev–Trinajstić information content (AvgIpc) is 3.06. The van der Waals surface area contributed by atoms with Crippen molar-refractivity contribution in [1.82, 2.24) is 10.3 Å². The molecule has 5 rings (SSSR count). The molecule has 0 aliphatic carbocycles. The van der Waals surface area contributed by atoms with Crippen molar-refractivity contribution in [1.29, 1.82) is 0 Å². The first-order valence-electron chi connectivity index (χ1n) is 11.8. The second-order valence-corrected chi connectivity index (χ2v) is 10.4. The Morgan fingerprint density at radius 2 is 1.75 bits per heavy atom. The van der Waals surface area contributed by atoms with Crippen molar-refractivity contribution in [2.24, 2.45) is 0 Å². The van der Waals surface area contributed by atoms with Gasteiger partial charge in [-0.1, -0.05) is 6.07 Å². The summed E-state index contributed by atoms with van der Waals surface area (Å²) in [4.78, 5) is 34.2. The number of piperidine rings is 1. The van der Waals surface area contributed by atoms with Crippen molar-refractivity contribution in [3.8, 4) is 0 Å². The molecular weight excluding hydrogens is 489 g/mol. The van der Waals surface area contributed by atoms with E-state index in [1.54, 1.807) is 13.1 Å². The lowest BCUT2D eigenvalue weighted by atomic mass is 9.90. The molecule has 2 aliphatic heterocycles. The number of fused-ring (bicyclic) bond motifs is 1. The number of halogens is 3. The maximum absolute atomic E-state index is 13.5. The Bertz CT molecular complexity index is 1300. The number of alkyl halides is 3. The Morgan fingerprint density at radius 3 is 2.44 bits per heavy atom. The summed E-state index contributed by atoms with van der Waals surface area (Å²) in [5.74, 6) is -0.454. The van der Waals surface area contributed by atoms with E-state index in [1.165, 1.54) is 30.7 Å². The fraction of sp³-hybridized carbons (Fsp3) is 0.346. The van der Waals surface area contributed by atoms with Gasteiger partial charge in [0.25, 0.3) is 5.91 Å². The fourth-order valence-electron chi connectivity index (χ4n) is 5.02. The third-order valence-corrected chi connectivity index (χ3v) is 7.40. The second kappa shape index (κ2) is 9.31. The number of anilines is 2. The van der Waals surface area contributed by atoms with Gasteiger partial charge >= 0.3 is 11.5 Å². The highest BCUT2D eigenvalue weighted by molar-refractivity contribution is 8.00. The van der Waals surface area contributed by atoms with E-state index in [1.807, 2.05) is 18.2 Å². The van der Waals surface area contributed by atoms with Crippen molar-refractivity contribution in [2.75, 3.05) is 22.9 Å². The first kappa shape index (κ1) is 24.4. The van der Waals surface area contributed by atoms with Gasteiger partial charge in [-0.05, 0) is 86.0 Å². The van der Waals surface area contributed by atoms with E-state index in [4.69, 9.17) is 0 Å². The molecule has 3 amide bonds. The van der Waals surface area contributed by atoms with Gasteiger partial charge in [0.2, 0.25) is 0 Å². The van der Waals surface area contributed by atoms with Crippen LogP contribution in [-0.4, -0.2) is 41.1 Å². The number of pyridine rings is 1. The predicted octanol–water partition coefficient (Wildman–Crippen LogP) is 5.89. The number of benzene rings is 2. The van der Waals surface area contributed by atoms with E-state index in [-0.39, 0.29) is 28.8 Å². The minimum absolute atomic E-state index is 0.0189. The molecule has 2 aliphatic rings. The van der Waals surface area contributed by atoms with Crippen LogP contribution in [0.4, 0.5) is 29.3 Å². The van der Waals surface area contributed by atoms with E-state index in [0.717, 1.165) is 53.0 Å². The number of amides is 3. The number of carbonyl (C=O) groups excluding carboxylic acids is 2. The first-order chi connectivity index (χ1) is 17.1. The molecule has 2 saturated heterocycles. The molecule has 36 heavy (non-hydrogen) atoms. The molecule has 2 aromatic carbocycles. The van der Waals surface area contributed by atoms with Gasteiger partial charge in [0.1, 0.15) is 5.54 Å². The normalized spacial score (nSPS) is 20.8. The maximum atomic E-state index is 13.5. The third-order valence-electron chi connectivity index (χ3n) is 6.66. The number of nitrogens with zero attached hydrogens (tertiary/aromatic N) is 3. The second-order valence-electron chi connectivity index (χ2n) is 9.31. The maximum Gasteiger partial charge on any atom is 0.446 e. The van der Waals surface area contributed by atoms with Crippen molar-refractivity contribution in [2.45, 2.75) is 48.5 Å². The molecule has 2 fully saturated rings. The average molecular weight is 515 g/mol. The van der Waals surface area contributed by atoms with E-state index >= 15 is 0 Å². The van der Waals surface area contributed by atoms with Crippen LogP contribution in [0.25, 0.3) is 10.9 Å². The highest BCUT2D eigenvalue weighted by Crippen LogP contribution is 2.38. The van der Waals surface area contributed by atoms with Gasteiger partial charge in [-0.2, -0.15) is 13.2 Å². The Morgan fingerprint density at radius 1 is 1.03 bits per heavy atom. The highest BCUT2D eigenvalue weighted by Gasteiger charge is 2.48. The summed E-state index contributed by atoms with van der Waals surface area (Å²) < 4.78 is 38.0. The summed E-state index contributed by atoms with van der Waals surface area (Å²) in [7, 11) is 0. The number of nitrogens with one attached hydrogen (secondary N) is 1. The fourth-order valence-corrected chi connectivity index (χ4v) is 5.56. The molecule has 3 heterocycles. The summed E-state index contributed by atoms with van der Waals surface area (Å²) >= 11 is -0.245. The van der Waals surface area contributed by atoms with E-state index in [0.29, 0.717) is 0 Å². The number of rotatable bonds is 5. The smallest absolute Gasteiger partial charge is 0.371 e. The zero-order valence-electron chi connectivity index (χ0n) is 19.6. The van der Waals surface area contributed by atoms with E-state index < -0.39 is 23.0 Å². The van der Waals surface area contributed by atoms with Gasteiger partial charge in [0.05, 0.1) is 11.2 Å². The van der Waals surface area contributed by atoms with Crippen molar-refractivity contribution in [3.63, 3.8) is 0 Å². The first-order valence-corrected chi connectivity index (χ1v) is 12.6. The zero-order valence-corrected chi connectivity index (χ0v) is 20.5. The highest BCUT2D eigenvalue weighted by atomic mass is 32.2. The number of imide groups is 1. The SMILES string of the molecule is CC1(Cc2ccnc3cccc(N4CCCCC4)c23)NC(=O)N(c2ccc(SC(F)(F)F)cc2)C1=O. The summed E-state index contributed by atoms with van der Waals surface area (Å²) in [6, 6.07) is 12.5. The van der Waals surface area contributed by atoms with E-state index in [2.05, 4.69) is 21.3 Å². The number of aromatic nitrogens is 1. The van der Waals surface area contributed by atoms with Crippen LogP contribution in [0.1, 0.15) is 31.7 Å². The van der Waals surface area contributed by atoms with E-state index in [9.17, 15) is 22.8 Å². The number of carbonyl (C=O) groups is 2. The molecule has 10 heteroatoms. The van der Waals surface area contributed by atoms with Gasteiger partial charge in [-0.25, -0.2) is 9.69 Å². The van der Waals surface area contributed by atoms with Crippen LogP contribution in [-0.2, 0) is 11.2 Å². The Balaban J connectivity index is 1.44. The molecule has 1 unspecified atom stereocenters. The van der Waals surface area contributed by atoms with Crippen LogP contribution >= 0.6 is 11.8 Å². The summed E-state index contributed by atoms with van der Waals surface area (Å²) in [6.07, 6.45) is 5.40. The number of thioether (sulfide) groups is 1. The molecule has 0 bridgehead atoms. The topological polar surface area (TPSA) is 65.5 Å². The number of hydrogen-bond acceptors (Lipinski definition) is 5. The Hall–Kier alpha value is -3.27. The molecule has 1 aromatic heterocycles. The molecule has 1 atom stereocenters. The zero-order chi connectivity index (χ0) is 25.5. The molecule has 3 aromatic rings. The van der Waals surface area contributed by atoms with Crippen LogP contribution in [0.2, 0.25) is 0 Å². The van der Waals surface area contributed by atoms with Crippen molar-refractivity contribution < 1.29 is 22.8 Å². The van der Waals surface area contributed by atoms with Gasteiger partial charge in [0, 0.05) is 41.7 Å². The standard InChI is InChI=1S/C26H25F3N4O2S/c1-25(23(34)33(24(35)31-25)18-8-10-19(11-9-18)36-26(27,28)29)16-17-12-13-30-20-6-5-7-21(22(17)20)32-14-3-2-4-15-32/h5-13H,2-4,14-16H2,1H3,(H,31,35). The van der Waals surface area contributed by atoms with Crippen molar-refractivity contribution in [3.05, 3.63) is 60.3 Å². The monoisotopic (exact) mass is 514 g/mol. The number of urea groups is 1. The minimum atomic E-state index is -4.42. The Labute approximate surface area is 210 Å². The van der Waals surface area contributed by atoms with Gasteiger partial charge < -0.3 is 10.2 Å².